The summed E-state index contributed by atoms with van der Waals surface area (Å²) in [4.78, 5) is 10.8. The number of alkyl halides is 8. The van der Waals surface area contributed by atoms with E-state index >= 15 is 0 Å². The molecule has 0 unspecified atom stereocenters. The Balaban J connectivity index is 1.76. The average Bonchev–Trinajstić information content (AvgIpc) is 3.07. The molecule has 0 aliphatic rings. The summed E-state index contributed by atoms with van der Waals surface area (Å²) in [6.45, 7) is -1.79. The second kappa shape index (κ2) is 7.03. The highest BCUT2D eigenvalue weighted by Crippen LogP contribution is 2.37. The van der Waals surface area contributed by atoms with Gasteiger partial charge in [0, 0.05) is 17.0 Å². The van der Waals surface area contributed by atoms with E-state index in [4.69, 9.17) is 0 Å². The molecule has 14 heteroatoms. The molecule has 168 valence electrons. The maximum absolute atomic E-state index is 14.5. The van der Waals surface area contributed by atoms with Crippen LogP contribution in [0.4, 0.5) is 39.5 Å². The lowest BCUT2D eigenvalue weighted by Gasteiger charge is -2.19. The molecule has 1 aromatic carbocycles. The fourth-order valence-corrected chi connectivity index (χ4v) is 2.89. The number of halogens is 9. The van der Waals surface area contributed by atoms with Crippen molar-refractivity contribution >= 4 is 21.9 Å². The molecule has 3 heterocycles. The first-order chi connectivity index (χ1) is 14.8. The van der Waals surface area contributed by atoms with Gasteiger partial charge < -0.3 is 0 Å². The molecule has 0 atom stereocenters. The third-order valence-corrected chi connectivity index (χ3v) is 4.49. The van der Waals surface area contributed by atoms with Crippen LogP contribution in [0.15, 0.2) is 36.8 Å². The van der Waals surface area contributed by atoms with Crippen LogP contribution in [0.5, 0.6) is 0 Å². The molecule has 0 saturated heterocycles. The van der Waals surface area contributed by atoms with Crippen LogP contribution < -0.4 is 0 Å². The van der Waals surface area contributed by atoms with Gasteiger partial charge in [-0.2, -0.15) is 40.2 Å². The molecule has 32 heavy (non-hydrogen) atoms. The fourth-order valence-electron chi connectivity index (χ4n) is 2.89. The molecule has 4 rings (SSSR count). The summed E-state index contributed by atoms with van der Waals surface area (Å²) in [5.41, 5.74) is -2.31. The molecule has 0 saturated carbocycles. The Morgan fingerprint density at radius 1 is 0.812 bits per heavy atom. The number of benzene rings is 1. The van der Waals surface area contributed by atoms with Crippen LogP contribution in [0.3, 0.4) is 0 Å². The Kier molecular flexibility index (Phi) is 4.78. The van der Waals surface area contributed by atoms with Crippen molar-refractivity contribution in [3.63, 3.8) is 0 Å². The van der Waals surface area contributed by atoms with Crippen LogP contribution >= 0.6 is 0 Å². The summed E-state index contributed by atoms with van der Waals surface area (Å²) in [6, 6.07) is 2.97. The molecule has 3 aromatic heterocycles. The molecular weight excluding hydrogens is 457 g/mol. The van der Waals surface area contributed by atoms with Crippen molar-refractivity contribution in [3.8, 4) is 11.3 Å². The van der Waals surface area contributed by atoms with Gasteiger partial charge in [-0.25, -0.2) is 9.37 Å². The first-order valence-electron chi connectivity index (χ1n) is 8.56. The molecule has 0 aliphatic heterocycles. The molecule has 0 radical (unpaired) electrons. The Bertz CT molecular complexity index is 1320. The fraction of sp³-hybridized carbons (Fsp3) is 0.222. The van der Waals surface area contributed by atoms with Gasteiger partial charge in [-0.1, -0.05) is 0 Å². The first kappa shape index (κ1) is 21.8. The van der Waals surface area contributed by atoms with Crippen LogP contribution in [-0.2, 0) is 12.7 Å². The summed E-state index contributed by atoms with van der Waals surface area (Å²) in [5.74, 6) is -5.96. The minimum atomic E-state index is -5.79. The maximum atomic E-state index is 14.5. The van der Waals surface area contributed by atoms with Crippen molar-refractivity contribution in [1.29, 1.82) is 0 Å². The van der Waals surface area contributed by atoms with Gasteiger partial charge in [0.25, 0.3) is 0 Å². The van der Waals surface area contributed by atoms with Gasteiger partial charge >= 0.3 is 18.3 Å². The Labute approximate surface area is 171 Å². The van der Waals surface area contributed by atoms with Crippen LogP contribution in [0.2, 0.25) is 0 Å². The highest BCUT2D eigenvalue weighted by atomic mass is 19.4. The largest absolute Gasteiger partial charge is 0.455 e. The Morgan fingerprint density at radius 3 is 2.19 bits per heavy atom. The summed E-state index contributed by atoms with van der Waals surface area (Å²) >= 11 is 0. The lowest BCUT2D eigenvalue weighted by atomic mass is 10.1. The number of rotatable bonds is 3. The zero-order valence-corrected chi connectivity index (χ0v) is 15.3. The van der Waals surface area contributed by atoms with E-state index in [2.05, 4.69) is 20.1 Å². The smallest absolute Gasteiger partial charge is 0.257 e. The minimum Gasteiger partial charge on any atom is -0.257 e. The van der Waals surface area contributed by atoms with Crippen LogP contribution in [0.25, 0.3) is 33.2 Å². The van der Waals surface area contributed by atoms with E-state index in [1.165, 1.54) is 0 Å². The molecule has 0 N–H and O–H groups in total. The van der Waals surface area contributed by atoms with E-state index in [0.29, 0.717) is 10.9 Å². The van der Waals surface area contributed by atoms with Crippen LogP contribution in [-0.4, -0.2) is 36.8 Å². The van der Waals surface area contributed by atoms with Crippen LogP contribution in [0.1, 0.15) is 5.69 Å². The number of pyridine rings is 1. The van der Waals surface area contributed by atoms with E-state index in [0.717, 1.165) is 30.6 Å². The average molecular weight is 465 g/mol. The monoisotopic (exact) mass is 465 g/mol. The molecule has 0 fully saturated rings. The zero-order chi connectivity index (χ0) is 23.5. The van der Waals surface area contributed by atoms with Gasteiger partial charge in [0.1, 0.15) is 12.4 Å². The van der Waals surface area contributed by atoms with E-state index in [1.807, 2.05) is 0 Å². The van der Waals surface area contributed by atoms with Gasteiger partial charge in [-0.3, -0.25) is 14.6 Å². The van der Waals surface area contributed by atoms with E-state index in [-0.39, 0.29) is 33.2 Å². The number of fused-ring (bicyclic) bond motifs is 2. The molecule has 0 aliphatic carbocycles. The Morgan fingerprint density at radius 2 is 1.53 bits per heavy atom. The summed E-state index contributed by atoms with van der Waals surface area (Å²) in [6.07, 6.45) is -8.22. The van der Waals surface area contributed by atoms with Gasteiger partial charge in [-0.15, -0.1) is 0 Å². The SMILES string of the molecule is Fc1cc2ncc(C(F)(F)F)nc2cc1-c1cc2cnn(CC(F)(F)C(F)(F)F)c2cn1. The van der Waals surface area contributed by atoms with Crippen molar-refractivity contribution in [2.24, 2.45) is 0 Å². The third kappa shape index (κ3) is 3.80. The van der Waals surface area contributed by atoms with Crippen molar-refractivity contribution in [3.05, 3.63) is 48.3 Å². The summed E-state index contributed by atoms with van der Waals surface area (Å²) < 4.78 is 118. The number of nitrogens with zero attached hydrogens (tertiary/aromatic N) is 5. The van der Waals surface area contributed by atoms with Gasteiger partial charge in [0.05, 0.1) is 40.8 Å². The third-order valence-electron chi connectivity index (χ3n) is 4.49. The summed E-state index contributed by atoms with van der Waals surface area (Å²) in [7, 11) is 0. The van der Waals surface area contributed by atoms with Gasteiger partial charge in [-0.05, 0) is 12.1 Å². The highest BCUT2D eigenvalue weighted by Gasteiger charge is 2.57. The quantitative estimate of drug-likeness (QED) is 0.381. The normalized spacial score (nSPS) is 13.3. The predicted molar refractivity (Wildman–Crippen MR) is 92.0 cm³/mol. The van der Waals surface area contributed by atoms with Gasteiger partial charge in [0.15, 0.2) is 5.69 Å². The number of hydrogen-bond donors (Lipinski definition) is 0. The molecule has 0 spiro atoms. The standard InChI is InChI=1S/C18H8F9N5/c19-10-3-12-13(31-15(6-29-12)17(22,23)24)2-9(10)11-1-8-4-30-32(14(8)5-28-11)7-16(20,21)18(25,26)27/h1-6H,7H2. The topological polar surface area (TPSA) is 56.5 Å². The molecule has 0 amide bonds. The highest BCUT2D eigenvalue weighted by molar-refractivity contribution is 5.85. The first-order valence-corrected chi connectivity index (χ1v) is 8.56. The zero-order valence-electron chi connectivity index (χ0n) is 15.3. The summed E-state index contributed by atoms with van der Waals surface area (Å²) in [5, 5.41) is 3.55. The maximum Gasteiger partial charge on any atom is 0.455 e. The van der Waals surface area contributed by atoms with Crippen molar-refractivity contribution in [1.82, 2.24) is 24.7 Å². The molecule has 5 nitrogen and oxygen atoms in total. The van der Waals surface area contributed by atoms with Crippen molar-refractivity contribution < 1.29 is 39.5 Å². The minimum absolute atomic E-state index is 0.0580. The predicted octanol–water partition coefficient (Wildman–Crippen LogP) is 5.40. The van der Waals surface area contributed by atoms with Crippen molar-refractivity contribution in [2.75, 3.05) is 0 Å². The second-order valence-corrected chi connectivity index (χ2v) is 6.71. The lowest BCUT2D eigenvalue weighted by molar-refractivity contribution is -0.287. The molecule has 0 bridgehead atoms. The molecular formula is C18H8F9N5. The lowest BCUT2D eigenvalue weighted by Crippen LogP contribution is -2.40. The van der Waals surface area contributed by atoms with E-state index < -0.39 is 36.3 Å². The number of aromatic nitrogens is 5. The Hall–Kier alpha value is -3.45. The van der Waals surface area contributed by atoms with Gasteiger partial charge in [0.2, 0.25) is 0 Å². The molecule has 4 aromatic rings. The van der Waals surface area contributed by atoms with Crippen LogP contribution in [0, 0.1) is 5.82 Å². The number of hydrogen-bond acceptors (Lipinski definition) is 4. The van der Waals surface area contributed by atoms with Crippen molar-refractivity contribution in [2.45, 2.75) is 24.8 Å². The van der Waals surface area contributed by atoms with E-state index in [1.54, 1.807) is 0 Å². The second-order valence-electron chi connectivity index (χ2n) is 6.71. The van der Waals surface area contributed by atoms with E-state index in [9.17, 15) is 39.5 Å².